The third-order valence-electron chi connectivity index (χ3n) is 16.3. The number of esters is 2. The summed E-state index contributed by atoms with van der Waals surface area (Å²) >= 11 is 8.88. The van der Waals surface area contributed by atoms with Crippen LogP contribution in [0.15, 0.2) is 15.0 Å². The van der Waals surface area contributed by atoms with Crippen LogP contribution in [0.25, 0.3) is 0 Å². The number of nitrogens with one attached hydrogen (secondary N) is 9. The van der Waals surface area contributed by atoms with E-state index in [9.17, 15) is 78.3 Å². The van der Waals surface area contributed by atoms with Crippen molar-refractivity contribution < 1.29 is 116 Å². The fourth-order valence-corrected chi connectivity index (χ4v) is 19.8. The first-order valence-corrected chi connectivity index (χ1v) is 43.8. The van der Waals surface area contributed by atoms with Crippen molar-refractivity contribution in [2.75, 3.05) is 64.5 Å². The summed E-state index contributed by atoms with van der Waals surface area (Å²) in [5, 5.41) is 77.5. The number of carbonyl (C=O) groups excluding carboxylic acids is 11. The Labute approximate surface area is 696 Å². The molecule has 0 heterocycles. The number of thioether (sulfide) groups is 6. The number of amides is 9. The number of methoxy groups -OCH3 is 1. The number of hydrogen-bond donors (Lipinski definition) is 14. The molecule has 9 unspecified atom stereocenters. The Balaban J connectivity index is 0.000000858. The van der Waals surface area contributed by atoms with Gasteiger partial charge in [-0.15, -0.1) is 70.6 Å². The monoisotopic (exact) mass is 1740 g/mol. The van der Waals surface area contributed by atoms with Gasteiger partial charge in [0.1, 0.15) is 57.7 Å². The van der Waals surface area contributed by atoms with Crippen molar-refractivity contribution in [1.82, 2.24) is 47.9 Å². The molecule has 0 spiro atoms. The van der Waals surface area contributed by atoms with E-state index >= 15 is 0 Å². The van der Waals surface area contributed by atoms with Gasteiger partial charge in [-0.05, 0) is 188 Å². The molecule has 114 heavy (non-hydrogen) atoms. The first kappa shape index (κ1) is 106. The van der Waals surface area contributed by atoms with Gasteiger partial charge in [0, 0.05) is 57.8 Å². The summed E-state index contributed by atoms with van der Waals surface area (Å²) in [4.78, 5) is 150. The van der Waals surface area contributed by atoms with Crippen molar-refractivity contribution in [3.05, 3.63) is 0 Å². The van der Waals surface area contributed by atoms with E-state index in [1.54, 1.807) is 132 Å². The molecule has 3 fully saturated rings. The smallest absolute Gasteiger partial charge is 0.414 e. The summed E-state index contributed by atoms with van der Waals surface area (Å²) in [7, 11) is 1.11. The van der Waals surface area contributed by atoms with E-state index in [-0.39, 0.29) is 75.5 Å². The molecular weight excluding hydrogens is 1610 g/mol. The molecule has 14 N–H and O–H groups in total. The summed E-state index contributed by atoms with van der Waals surface area (Å²) in [6, 6.07) is -5.25. The van der Waals surface area contributed by atoms with Crippen molar-refractivity contribution in [3.8, 4) is 0 Å². The second-order valence-corrected chi connectivity index (χ2v) is 40.6. The predicted octanol–water partition coefficient (Wildman–Crippen LogP) is 7.42. The third kappa shape index (κ3) is 35.6. The summed E-state index contributed by atoms with van der Waals surface area (Å²) in [6.07, 6.45) is 6.07. The van der Waals surface area contributed by atoms with Crippen LogP contribution in [0.5, 0.6) is 0 Å². The lowest BCUT2D eigenvalue weighted by molar-refractivity contribution is -0.162. The summed E-state index contributed by atoms with van der Waals surface area (Å²) < 4.78 is 40.3. The minimum atomic E-state index is -1.97. The largest absolute Gasteiger partial charge is 0.467 e. The van der Waals surface area contributed by atoms with Crippen molar-refractivity contribution >= 4 is 155 Å². The molecule has 3 aliphatic rings. The zero-order valence-corrected chi connectivity index (χ0v) is 76.2. The number of aliphatic hydroxyl groups excluding tert-OH is 2. The van der Waals surface area contributed by atoms with Gasteiger partial charge in [0.2, 0.25) is 35.6 Å². The lowest BCUT2D eigenvalue weighted by atomic mass is 9.93. The zero-order chi connectivity index (χ0) is 88.5. The molecule has 656 valence electrons. The summed E-state index contributed by atoms with van der Waals surface area (Å²) in [6.45, 7) is 34.9. The highest BCUT2D eigenvalue weighted by molar-refractivity contribution is 8.33. The molecule has 0 aliphatic heterocycles. The third-order valence-corrected chi connectivity index (χ3v) is 27.8. The van der Waals surface area contributed by atoms with Crippen LogP contribution in [0.2, 0.25) is 0 Å². The van der Waals surface area contributed by atoms with Crippen LogP contribution < -0.4 is 47.9 Å². The quantitative estimate of drug-likeness (QED) is 0.0165. The summed E-state index contributed by atoms with van der Waals surface area (Å²) in [5.74, 6) is -5.77. The lowest BCUT2D eigenvalue weighted by Gasteiger charge is -2.42. The number of ether oxygens (including phenoxy) is 8. The average Bonchev–Trinajstić information content (AvgIpc) is 1.60. The van der Waals surface area contributed by atoms with Crippen molar-refractivity contribution in [2.24, 2.45) is 32.7 Å². The van der Waals surface area contributed by atoms with Crippen LogP contribution >= 0.6 is 70.6 Å². The predicted molar refractivity (Wildman–Crippen MR) is 445 cm³/mol. The highest BCUT2D eigenvalue weighted by Crippen LogP contribution is 2.60. The van der Waals surface area contributed by atoms with Gasteiger partial charge in [-0.25, -0.2) is 53.3 Å². The van der Waals surface area contributed by atoms with Gasteiger partial charge >= 0.3 is 48.5 Å². The van der Waals surface area contributed by atoms with Crippen LogP contribution in [0.3, 0.4) is 0 Å². The van der Waals surface area contributed by atoms with E-state index < -0.39 is 178 Å². The maximum absolute atomic E-state index is 13.1. The molecule has 0 radical (unpaired) electrons. The number of carbonyl (C=O) groups is 11. The fraction of sp³-hybridized carbons (Fsp3) is 0.806. The van der Waals surface area contributed by atoms with E-state index in [0.717, 1.165) is 7.11 Å². The Morgan fingerprint density at radius 1 is 0.395 bits per heavy atom. The van der Waals surface area contributed by atoms with Crippen LogP contribution in [0, 0.1) is 17.8 Å². The van der Waals surface area contributed by atoms with Crippen LogP contribution in [-0.4, -0.2) is 268 Å². The molecule has 42 heteroatoms. The van der Waals surface area contributed by atoms with E-state index in [2.05, 4.69) is 62.8 Å². The van der Waals surface area contributed by atoms with Gasteiger partial charge in [-0.3, -0.25) is 46.3 Å². The Morgan fingerprint density at radius 2 is 0.640 bits per heavy atom. The number of guanidine groups is 3. The first-order valence-electron chi connectivity index (χ1n) is 36.5. The Morgan fingerprint density at radius 3 is 0.868 bits per heavy atom. The van der Waals surface area contributed by atoms with Gasteiger partial charge in [0.25, 0.3) is 0 Å². The molecular formula is C72H128N12O24S6. The normalized spacial score (nSPS) is 22.4. The molecule has 3 rings (SSSR count). The zero-order valence-electron chi connectivity index (χ0n) is 71.3. The van der Waals surface area contributed by atoms with E-state index in [1.807, 2.05) is 37.5 Å². The number of nitrogens with zero attached hydrogens (tertiary/aromatic N) is 3. The molecule has 3 aliphatic carbocycles. The van der Waals surface area contributed by atoms with Crippen molar-refractivity contribution in [1.29, 1.82) is 0 Å². The minimum Gasteiger partial charge on any atom is -0.467 e. The second-order valence-electron chi connectivity index (χ2n) is 32.9. The molecule has 0 aromatic carbocycles. The number of alkyl carbamates (subject to hydrolysis) is 6. The summed E-state index contributed by atoms with van der Waals surface area (Å²) in [5.41, 5.74) is -9.61. The number of hydrogen-bond acceptors (Lipinski definition) is 33. The van der Waals surface area contributed by atoms with Gasteiger partial charge in [-0.2, -0.15) is 0 Å². The molecule has 3 saturated carbocycles. The Hall–Kier alpha value is -6.12. The van der Waals surface area contributed by atoms with Crippen molar-refractivity contribution in [3.63, 3.8) is 0 Å². The average molecular weight is 1740 g/mol. The van der Waals surface area contributed by atoms with Crippen molar-refractivity contribution in [2.45, 2.75) is 284 Å². The molecule has 9 amide bonds. The topological polar surface area (TPSA) is 508 Å². The maximum atomic E-state index is 13.1. The highest BCUT2D eigenvalue weighted by Gasteiger charge is 2.61. The standard InChI is InChI=1S/C26H46N4O8S3.C24H44N4O7S3.C22H38N4O9/c1-12-36-19(32)18(27-15(2)31)16-13-25(35,26(39-9,40-10)41-11)14-17(16)28-20(29-21(33)37-23(3,4)5)30-22(34)38-24(6,7)8;1-14(30)25-17(13-29)15-11-23(33,24(36-8,37-9)38-10)12-16(15)26-18(27-19(31)34-21(2,3)4)28-20(32)35-22(5,6)7;1-12(28)23-15(11-27)13-9-22(32,16(29)33-8)10-14(13)24-17(25-18(30)34-20(2,3)4)26-19(31)35-21(5,6)7/h16-18,35H,12-14H2,1-11H3,(H,27,31)(H2,28,29,30,33,34);15-17,29,33H,11-13H2,1-10H3,(H,25,30)(H2,26,27,28,31,32);13-15,27,32H,9-11H2,1-8H3,(H,23,28)(H2,24,25,26,30,31)/t16?,17?,18?,25-;15?,16?,17?,23-;13?,14?,15?,22-/m111/s1. The van der Waals surface area contributed by atoms with Gasteiger partial charge < -0.3 is 79.4 Å². The lowest BCUT2D eigenvalue weighted by Crippen LogP contribution is -2.50. The van der Waals surface area contributed by atoms with Crippen LogP contribution in [0.1, 0.15) is 191 Å². The molecule has 0 aromatic heterocycles. The molecule has 36 nitrogen and oxygen atoms in total. The highest BCUT2D eigenvalue weighted by atomic mass is 32.3. The Bertz CT molecular complexity index is 3250. The van der Waals surface area contributed by atoms with Gasteiger partial charge in [0.05, 0.1) is 57.1 Å². The SMILES string of the molecule is CCOC(=O)C(NC(C)=O)C1C[C@](O)(C(SC)(SC)SC)CC1N=C(NC(=O)OC(C)(C)C)NC(=O)OC(C)(C)C.COC(=O)[C@]1(O)CC(N=C(NC(=O)OC(C)(C)C)NC(=O)OC(C)(C)C)C(C(CO)NC(C)=O)C1.CSC(SC)(SC)[C@]1(O)CC(N=C(NC(=O)OC(C)(C)C)NC(=O)OC(C)(C)C)C(C(CO)NC(C)=O)C1. The Kier molecular flexibility index (Phi) is 41.4. The minimum absolute atomic E-state index is 0.0468. The van der Waals surface area contributed by atoms with E-state index in [4.69, 9.17) is 37.9 Å². The van der Waals surface area contributed by atoms with Gasteiger partial charge in [0.15, 0.2) is 5.60 Å². The fourth-order valence-electron chi connectivity index (χ4n) is 12.5. The number of aliphatic imine (C=N–C) groups is 3. The molecule has 12 atom stereocenters. The molecule has 0 bridgehead atoms. The molecule has 0 aromatic rings. The second kappa shape index (κ2) is 44.6. The van der Waals surface area contributed by atoms with E-state index in [1.165, 1.54) is 91.3 Å². The van der Waals surface area contributed by atoms with Crippen LogP contribution in [0.4, 0.5) is 28.8 Å². The molecule has 0 saturated heterocycles. The van der Waals surface area contributed by atoms with E-state index in [0.29, 0.717) is 0 Å². The maximum Gasteiger partial charge on any atom is 0.414 e. The first-order chi connectivity index (χ1) is 52.0. The van der Waals surface area contributed by atoms with Crippen LogP contribution in [-0.2, 0) is 61.9 Å². The number of rotatable bonds is 22. The number of aliphatic hydroxyl groups is 5. The van der Waals surface area contributed by atoms with Gasteiger partial charge in [-0.1, -0.05) is 0 Å².